The molecule has 0 fully saturated rings. The van der Waals surface area contributed by atoms with Gasteiger partial charge in [0.15, 0.2) is 5.82 Å². The number of aliphatic imine (C=N–C) groups is 2. The SMILES string of the molecule is C#Cc1cc(C(Nc2ccc(C(=N)N)cc2)c2nn(C3=NCCC=N3)c(=O)[nH]2)cc2c1OCCC2. The van der Waals surface area contributed by atoms with Gasteiger partial charge in [-0.1, -0.05) is 5.92 Å². The zero-order valence-electron chi connectivity index (χ0n) is 18.9. The molecule has 2 aliphatic rings. The third-order valence-electron chi connectivity index (χ3n) is 5.84. The fourth-order valence-electron chi connectivity index (χ4n) is 4.14. The van der Waals surface area contributed by atoms with Crippen molar-refractivity contribution in [3.05, 3.63) is 75.0 Å². The number of nitrogens with zero attached hydrogens (tertiary/aromatic N) is 4. The minimum Gasteiger partial charge on any atom is -0.492 e. The number of rotatable bonds is 5. The highest BCUT2D eigenvalue weighted by atomic mass is 16.5. The molecule has 0 amide bonds. The van der Waals surface area contributed by atoms with Crippen molar-refractivity contribution < 1.29 is 4.74 Å². The number of hydrogen-bond donors (Lipinski definition) is 4. The number of nitrogen functional groups attached to an aromatic ring is 1. The minimum atomic E-state index is -0.542. The van der Waals surface area contributed by atoms with E-state index in [4.69, 9.17) is 22.3 Å². The van der Waals surface area contributed by atoms with Crippen LogP contribution in [0.25, 0.3) is 0 Å². The standard InChI is InChI=1S/C25H24N8O2/c1-2-15-13-18(14-17-5-3-12-35-21(15)17)20(30-19-8-6-16(7-9-19)22(26)27)23-31-25(34)33(32-23)24-28-10-4-11-29-24/h1,6-10,13-14,20,30H,3-5,11-12H2,(H3,26,27)(H,31,32,34). The molecule has 10 nitrogen and oxygen atoms in total. The topological polar surface area (TPSA) is 147 Å². The maximum Gasteiger partial charge on any atom is 0.350 e. The average Bonchev–Trinajstić information content (AvgIpc) is 3.28. The first-order valence-electron chi connectivity index (χ1n) is 11.3. The first-order valence-corrected chi connectivity index (χ1v) is 11.3. The molecule has 1 aromatic heterocycles. The first kappa shape index (κ1) is 22.2. The van der Waals surface area contributed by atoms with E-state index in [1.165, 1.54) is 4.68 Å². The summed E-state index contributed by atoms with van der Waals surface area (Å²) in [4.78, 5) is 24.1. The van der Waals surface area contributed by atoms with Crippen molar-refractivity contribution in [3.8, 4) is 18.1 Å². The third kappa shape index (κ3) is 4.44. The van der Waals surface area contributed by atoms with Gasteiger partial charge in [0.2, 0.25) is 5.96 Å². The van der Waals surface area contributed by atoms with Gasteiger partial charge in [-0.05, 0) is 60.4 Å². The molecule has 0 radical (unpaired) electrons. The summed E-state index contributed by atoms with van der Waals surface area (Å²) in [6.45, 7) is 1.18. The molecule has 0 saturated heterocycles. The molecule has 3 heterocycles. The highest BCUT2D eigenvalue weighted by Gasteiger charge is 2.25. The van der Waals surface area contributed by atoms with Crippen LogP contribution in [0.2, 0.25) is 0 Å². The van der Waals surface area contributed by atoms with E-state index in [9.17, 15) is 4.79 Å². The van der Waals surface area contributed by atoms with Crippen LogP contribution in [0.3, 0.4) is 0 Å². The van der Waals surface area contributed by atoms with Crippen LogP contribution in [0.5, 0.6) is 5.75 Å². The van der Waals surface area contributed by atoms with E-state index in [2.05, 4.69) is 31.3 Å². The maximum atomic E-state index is 12.8. The number of ether oxygens (including phenoxy) is 1. The Labute approximate surface area is 201 Å². The number of aromatic nitrogens is 3. The number of benzene rings is 2. The van der Waals surface area contributed by atoms with Crippen LogP contribution < -0.4 is 21.5 Å². The second kappa shape index (κ2) is 9.30. The summed E-state index contributed by atoms with van der Waals surface area (Å²) in [5, 5.41) is 15.6. The Morgan fingerprint density at radius 1 is 1.31 bits per heavy atom. The van der Waals surface area contributed by atoms with Crippen LogP contribution in [-0.4, -0.2) is 45.9 Å². The Morgan fingerprint density at radius 3 is 2.86 bits per heavy atom. The van der Waals surface area contributed by atoms with Gasteiger partial charge in [-0.15, -0.1) is 16.2 Å². The number of nitrogens with one attached hydrogen (secondary N) is 3. The van der Waals surface area contributed by atoms with Gasteiger partial charge in [-0.2, -0.15) is 0 Å². The summed E-state index contributed by atoms with van der Waals surface area (Å²) < 4.78 is 7.01. The number of amidine groups is 1. The molecule has 35 heavy (non-hydrogen) atoms. The van der Waals surface area contributed by atoms with Crippen LogP contribution >= 0.6 is 0 Å². The molecule has 0 bridgehead atoms. The van der Waals surface area contributed by atoms with E-state index in [1.54, 1.807) is 18.3 Å². The molecule has 0 spiro atoms. The van der Waals surface area contributed by atoms with Gasteiger partial charge in [-0.3, -0.25) is 10.4 Å². The molecule has 2 aromatic carbocycles. The molecule has 1 atom stereocenters. The van der Waals surface area contributed by atoms with E-state index < -0.39 is 11.7 Å². The molecule has 1 unspecified atom stereocenters. The first-order chi connectivity index (χ1) is 17.0. The van der Waals surface area contributed by atoms with E-state index in [1.807, 2.05) is 24.3 Å². The van der Waals surface area contributed by atoms with E-state index >= 15 is 0 Å². The third-order valence-corrected chi connectivity index (χ3v) is 5.84. The van der Waals surface area contributed by atoms with Gasteiger partial charge in [0.1, 0.15) is 17.6 Å². The van der Waals surface area contributed by atoms with Crippen LogP contribution in [0.4, 0.5) is 5.69 Å². The summed E-state index contributed by atoms with van der Waals surface area (Å²) in [6, 6.07) is 10.5. The summed E-state index contributed by atoms with van der Waals surface area (Å²) in [5.41, 5.74) is 9.01. The lowest BCUT2D eigenvalue weighted by Gasteiger charge is -2.23. The smallest absolute Gasteiger partial charge is 0.350 e. The van der Waals surface area contributed by atoms with Gasteiger partial charge in [-0.25, -0.2) is 14.8 Å². The number of H-pyrrole nitrogens is 1. The van der Waals surface area contributed by atoms with Crippen molar-refractivity contribution in [2.75, 3.05) is 18.5 Å². The Morgan fingerprint density at radius 2 is 2.14 bits per heavy atom. The summed E-state index contributed by atoms with van der Waals surface area (Å²) >= 11 is 0. The maximum absolute atomic E-state index is 12.8. The van der Waals surface area contributed by atoms with Crippen molar-refractivity contribution in [3.63, 3.8) is 0 Å². The van der Waals surface area contributed by atoms with Gasteiger partial charge < -0.3 is 15.8 Å². The fourth-order valence-corrected chi connectivity index (χ4v) is 4.14. The molecule has 5 N–H and O–H groups in total. The van der Waals surface area contributed by atoms with Crippen LogP contribution in [0.1, 0.15) is 47.0 Å². The minimum absolute atomic E-state index is 0.0154. The van der Waals surface area contributed by atoms with E-state index in [-0.39, 0.29) is 11.8 Å². The van der Waals surface area contributed by atoms with E-state index in [0.717, 1.165) is 41.8 Å². The number of fused-ring (bicyclic) bond motifs is 1. The van der Waals surface area contributed by atoms with Crippen molar-refractivity contribution in [2.45, 2.75) is 25.3 Å². The summed E-state index contributed by atoms with van der Waals surface area (Å²) in [6.07, 6.45) is 10.00. The summed E-state index contributed by atoms with van der Waals surface area (Å²) in [7, 11) is 0. The second-order valence-electron chi connectivity index (χ2n) is 8.23. The molecular weight excluding hydrogens is 444 g/mol. The van der Waals surface area contributed by atoms with Crippen molar-refractivity contribution in [1.29, 1.82) is 5.41 Å². The van der Waals surface area contributed by atoms with Crippen LogP contribution in [0.15, 0.2) is 51.2 Å². The molecule has 3 aromatic rings. The molecule has 10 heteroatoms. The van der Waals surface area contributed by atoms with Crippen LogP contribution in [0, 0.1) is 17.8 Å². The van der Waals surface area contributed by atoms with Gasteiger partial charge >= 0.3 is 5.69 Å². The van der Waals surface area contributed by atoms with Crippen LogP contribution in [-0.2, 0) is 6.42 Å². The van der Waals surface area contributed by atoms with Gasteiger partial charge in [0, 0.05) is 30.4 Å². The zero-order valence-corrected chi connectivity index (χ0v) is 18.9. The number of aryl methyl sites for hydroxylation is 1. The number of nitrogens with two attached hydrogens (primary N) is 1. The molecular formula is C25H24N8O2. The molecule has 2 aliphatic heterocycles. The van der Waals surface area contributed by atoms with Gasteiger partial charge in [0.25, 0.3) is 0 Å². The molecule has 0 saturated carbocycles. The zero-order chi connectivity index (χ0) is 24.4. The van der Waals surface area contributed by atoms with Crippen molar-refractivity contribution in [1.82, 2.24) is 14.8 Å². The Balaban J connectivity index is 1.60. The molecule has 0 aliphatic carbocycles. The Bertz CT molecular complexity index is 1440. The molecule has 176 valence electrons. The average molecular weight is 469 g/mol. The highest BCUT2D eigenvalue weighted by molar-refractivity contribution is 5.95. The number of hydrogen-bond acceptors (Lipinski definition) is 7. The lowest BCUT2D eigenvalue weighted by Crippen LogP contribution is -2.26. The quantitative estimate of drug-likeness (QED) is 0.257. The Kier molecular flexibility index (Phi) is 5.89. The molecule has 5 rings (SSSR count). The Hall–Kier alpha value is -4.65. The summed E-state index contributed by atoms with van der Waals surface area (Å²) in [5.74, 6) is 4.08. The van der Waals surface area contributed by atoms with E-state index in [0.29, 0.717) is 30.1 Å². The van der Waals surface area contributed by atoms with Gasteiger partial charge in [0.05, 0.1) is 12.2 Å². The van der Waals surface area contributed by atoms with Crippen molar-refractivity contribution in [2.24, 2.45) is 15.7 Å². The number of aromatic amines is 1. The predicted molar refractivity (Wildman–Crippen MR) is 135 cm³/mol. The predicted octanol–water partition coefficient (Wildman–Crippen LogP) is 2.04. The normalized spacial score (nSPS) is 15.3. The van der Waals surface area contributed by atoms with Crippen molar-refractivity contribution >= 4 is 23.7 Å². The lowest BCUT2D eigenvalue weighted by molar-refractivity contribution is 0.287. The number of terminal acetylenes is 1. The number of anilines is 1. The fraction of sp³-hybridized carbons (Fsp3) is 0.240. The largest absolute Gasteiger partial charge is 0.492 e. The highest BCUT2D eigenvalue weighted by Crippen LogP contribution is 2.34. The monoisotopic (exact) mass is 468 g/mol. The lowest BCUT2D eigenvalue weighted by atomic mass is 9.95. The second-order valence-corrected chi connectivity index (χ2v) is 8.23.